The van der Waals surface area contributed by atoms with Crippen LogP contribution in [0.2, 0.25) is 0 Å². The molecule has 0 aliphatic rings. The van der Waals surface area contributed by atoms with Crippen LogP contribution in [0, 0.1) is 5.82 Å². The van der Waals surface area contributed by atoms with E-state index in [0.717, 1.165) is 23.2 Å². The van der Waals surface area contributed by atoms with Gasteiger partial charge in [-0.15, -0.1) is 0 Å². The van der Waals surface area contributed by atoms with Crippen LogP contribution in [0.5, 0.6) is 0 Å². The van der Waals surface area contributed by atoms with Crippen LogP contribution in [0.15, 0.2) is 54.7 Å². The third-order valence-electron chi connectivity index (χ3n) is 4.89. The van der Waals surface area contributed by atoms with E-state index in [2.05, 4.69) is 10.4 Å². The summed E-state index contributed by atoms with van der Waals surface area (Å²) in [5.41, 5.74) is 3.48. The molecule has 1 aromatic heterocycles. The van der Waals surface area contributed by atoms with Gasteiger partial charge in [-0.2, -0.15) is 5.10 Å². The number of halogens is 1. The first kappa shape index (κ1) is 22.2. The fourth-order valence-corrected chi connectivity index (χ4v) is 3.30. The van der Waals surface area contributed by atoms with Gasteiger partial charge in [0, 0.05) is 24.2 Å². The Morgan fingerprint density at radius 2 is 1.90 bits per heavy atom. The lowest BCUT2D eigenvalue weighted by atomic mass is 10.0. The van der Waals surface area contributed by atoms with Crippen LogP contribution in [0.3, 0.4) is 0 Å². The van der Waals surface area contributed by atoms with Crippen molar-refractivity contribution < 1.29 is 18.7 Å². The van der Waals surface area contributed by atoms with E-state index in [9.17, 15) is 14.0 Å². The van der Waals surface area contributed by atoms with Gasteiger partial charge in [-0.25, -0.2) is 4.39 Å². The molecule has 0 bridgehead atoms. The predicted molar refractivity (Wildman–Crippen MR) is 116 cm³/mol. The minimum atomic E-state index is -0.504. The lowest BCUT2D eigenvalue weighted by molar-refractivity contribution is -0.144. The average molecular weight is 423 g/mol. The van der Waals surface area contributed by atoms with Crippen molar-refractivity contribution in [2.75, 3.05) is 6.54 Å². The number of aromatic nitrogens is 2. The smallest absolute Gasteiger partial charge is 0.307 e. The van der Waals surface area contributed by atoms with Crippen LogP contribution in [0.1, 0.15) is 41.8 Å². The fourth-order valence-electron chi connectivity index (χ4n) is 3.30. The van der Waals surface area contributed by atoms with Crippen molar-refractivity contribution in [2.45, 2.75) is 39.8 Å². The standard InChI is InChI=1S/C24H26FN3O3/c1-3-18-15-27-28(4-2)23(18)19-12-20(14-21(25)13-19)24(30)26-11-10-22(29)31-16-17-8-6-5-7-9-17/h5-9,12-15H,3-4,10-11,16H2,1-2H3,(H,26,30). The molecule has 0 radical (unpaired) electrons. The zero-order valence-corrected chi connectivity index (χ0v) is 17.7. The number of rotatable bonds is 9. The van der Waals surface area contributed by atoms with Gasteiger partial charge in [0.05, 0.1) is 18.3 Å². The van der Waals surface area contributed by atoms with Crippen LogP contribution in [0.4, 0.5) is 4.39 Å². The zero-order chi connectivity index (χ0) is 22.2. The Kier molecular flexibility index (Phi) is 7.54. The van der Waals surface area contributed by atoms with Crippen LogP contribution in [-0.2, 0) is 29.1 Å². The summed E-state index contributed by atoms with van der Waals surface area (Å²) in [5.74, 6) is -1.36. The molecular weight excluding hydrogens is 397 g/mol. The van der Waals surface area contributed by atoms with Gasteiger partial charge in [-0.1, -0.05) is 37.3 Å². The Morgan fingerprint density at radius 1 is 1.13 bits per heavy atom. The van der Waals surface area contributed by atoms with Crippen molar-refractivity contribution >= 4 is 11.9 Å². The highest BCUT2D eigenvalue weighted by molar-refractivity contribution is 5.95. The number of esters is 1. The van der Waals surface area contributed by atoms with Gasteiger partial charge in [0.15, 0.2) is 0 Å². The number of carbonyl (C=O) groups excluding carboxylic acids is 2. The maximum Gasteiger partial charge on any atom is 0.307 e. The minimum Gasteiger partial charge on any atom is -0.461 e. The van der Waals surface area contributed by atoms with Crippen molar-refractivity contribution in [3.05, 3.63) is 77.2 Å². The fraction of sp³-hybridized carbons (Fsp3) is 0.292. The molecule has 3 aromatic rings. The van der Waals surface area contributed by atoms with E-state index in [1.54, 1.807) is 16.9 Å². The number of ether oxygens (including phenoxy) is 1. The topological polar surface area (TPSA) is 73.2 Å². The van der Waals surface area contributed by atoms with Gasteiger partial charge in [0.1, 0.15) is 12.4 Å². The van der Waals surface area contributed by atoms with E-state index in [1.165, 1.54) is 12.1 Å². The van der Waals surface area contributed by atoms with Gasteiger partial charge in [-0.3, -0.25) is 14.3 Å². The first-order chi connectivity index (χ1) is 15.0. The number of aryl methyl sites for hydroxylation is 2. The first-order valence-corrected chi connectivity index (χ1v) is 10.3. The first-order valence-electron chi connectivity index (χ1n) is 10.3. The number of benzene rings is 2. The number of amides is 1. The van der Waals surface area contributed by atoms with Crippen molar-refractivity contribution in [1.29, 1.82) is 0 Å². The van der Waals surface area contributed by atoms with E-state index >= 15 is 0 Å². The van der Waals surface area contributed by atoms with Gasteiger partial charge >= 0.3 is 5.97 Å². The average Bonchev–Trinajstić information content (AvgIpc) is 3.21. The highest BCUT2D eigenvalue weighted by Gasteiger charge is 2.16. The van der Waals surface area contributed by atoms with Crippen LogP contribution in [0.25, 0.3) is 11.3 Å². The van der Waals surface area contributed by atoms with Gasteiger partial charge in [0.2, 0.25) is 0 Å². The second-order valence-corrected chi connectivity index (χ2v) is 7.07. The summed E-state index contributed by atoms with van der Waals surface area (Å²) in [7, 11) is 0. The van der Waals surface area contributed by atoms with Gasteiger partial charge < -0.3 is 10.1 Å². The predicted octanol–water partition coefficient (Wildman–Crippen LogP) is 4.13. The number of hydrogen-bond acceptors (Lipinski definition) is 4. The second-order valence-electron chi connectivity index (χ2n) is 7.07. The zero-order valence-electron chi connectivity index (χ0n) is 17.7. The second kappa shape index (κ2) is 10.5. The molecule has 0 saturated heterocycles. The molecule has 31 heavy (non-hydrogen) atoms. The Labute approximate surface area is 181 Å². The van der Waals surface area contributed by atoms with E-state index in [4.69, 9.17) is 4.74 Å². The maximum atomic E-state index is 14.3. The quantitative estimate of drug-likeness (QED) is 0.525. The summed E-state index contributed by atoms with van der Waals surface area (Å²) in [5, 5.41) is 6.99. The Bertz CT molecular complexity index is 1030. The number of hydrogen-bond donors (Lipinski definition) is 1. The minimum absolute atomic E-state index is 0.0311. The highest BCUT2D eigenvalue weighted by Crippen LogP contribution is 2.26. The Morgan fingerprint density at radius 3 is 2.61 bits per heavy atom. The maximum absolute atomic E-state index is 14.3. The van der Waals surface area contributed by atoms with Gasteiger partial charge in [0.25, 0.3) is 5.91 Å². The molecule has 0 aliphatic carbocycles. The number of carbonyl (C=O) groups is 2. The van der Waals surface area contributed by atoms with Crippen molar-refractivity contribution in [2.24, 2.45) is 0 Å². The molecule has 3 rings (SSSR count). The van der Waals surface area contributed by atoms with Crippen LogP contribution < -0.4 is 5.32 Å². The van der Waals surface area contributed by atoms with Crippen LogP contribution >= 0.6 is 0 Å². The normalized spacial score (nSPS) is 10.7. The summed E-state index contributed by atoms with van der Waals surface area (Å²) in [6, 6.07) is 13.6. The third-order valence-corrected chi connectivity index (χ3v) is 4.89. The molecule has 0 atom stereocenters. The molecule has 2 aromatic carbocycles. The molecule has 0 spiro atoms. The molecule has 0 fully saturated rings. The van der Waals surface area contributed by atoms with E-state index in [-0.39, 0.29) is 25.1 Å². The van der Waals surface area contributed by atoms with E-state index < -0.39 is 17.7 Å². The van der Waals surface area contributed by atoms with Crippen LogP contribution in [-0.4, -0.2) is 28.2 Å². The molecule has 7 heteroatoms. The summed E-state index contributed by atoms with van der Waals surface area (Å²) in [4.78, 5) is 24.4. The molecule has 6 nitrogen and oxygen atoms in total. The van der Waals surface area contributed by atoms with Crippen molar-refractivity contribution in [3.8, 4) is 11.3 Å². The molecule has 1 amide bonds. The summed E-state index contributed by atoms with van der Waals surface area (Å²) < 4.78 is 21.3. The molecule has 0 aliphatic heterocycles. The Hall–Kier alpha value is -3.48. The molecule has 1 N–H and O–H groups in total. The summed E-state index contributed by atoms with van der Waals surface area (Å²) >= 11 is 0. The lowest BCUT2D eigenvalue weighted by Gasteiger charge is -2.11. The molecule has 162 valence electrons. The molecule has 1 heterocycles. The molecule has 0 unspecified atom stereocenters. The molecule has 0 saturated carbocycles. The van der Waals surface area contributed by atoms with Crippen molar-refractivity contribution in [3.63, 3.8) is 0 Å². The summed E-state index contributed by atoms with van der Waals surface area (Å²) in [6.07, 6.45) is 2.55. The van der Waals surface area contributed by atoms with Crippen molar-refractivity contribution in [1.82, 2.24) is 15.1 Å². The SMILES string of the molecule is CCc1cnn(CC)c1-c1cc(F)cc(C(=O)NCCC(=O)OCc2ccccc2)c1. The highest BCUT2D eigenvalue weighted by atomic mass is 19.1. The third kappa shape index (κ3) is 5.78. The monoisotopic (exact) mass is 423 g/mol. The number of nitrogens with zero attached hydrogens (tertiary/aromatic N) is 2. The Balaban J connectivity index is 1.61. The summed E-state index contributed by atoms with van der Waals surface area (Å²) in [6.45, 7) is 4.89. The molecular formula is C24H26FN3O3. The van der Waals surface area contributed by atoms with E-state index in [1.807, 2.05) is 44.2 Å². The largest absolute Gasteiger partial charge is 0.461 e. The van der Waals surface area contributed by atoms with E-state index in [0.29, 0.717) is 12.1 Å². The van der Waals surface area contributed by atoms with Gasteiger partial charge in [-0.05, 0) is 42.7 Å². The number of nitrogens with one attached hydrogen (secondary N) is 1. The lowest BCUT2D eigenvalue weighted by Crippen LogP contribution is -2.26.